The van der Waals surface area contributed by atoms with Crippen molar-refractivity contribution < 1.29 is 24.1 Å². The molecule has 0 saturated carbocycles. The van der Waals surface area contributed by atoms with Crippen LogP contribution in [0.25, 0.3) is 0 Å². The van der Waals surface area contributed by atoms with Gasteiger partial charge in [-0.1, -0.05) is 0 Å². The summed E-state index contributed by atoms with van der Waals surface area (Å²) in [5.41, 5.74) is 0. The zero-order chi connectivity index (χ0) is 10.0. The maximum Gasteiger partial charge on any atom is 0.407 e. The van der Waals surface area contributed by atoms with Crippen molar-refractivity contribution in [2.24, 2.45) is 0 Å². The van der Waals surface area contributed by atoms with Gasteiger partial charge >= 0.3 is 6.09 Å². The smallest absolute Gasteiger partial charge is 0.407 e. The molecule has 0 spiro atoms. The van der Waals surface area contributed by atoms with Crippen molar-refractivity contribution in [3.05, 3.63) is 0 Å². The highest BCUT2D eigenvalue weighted by molar-refractivity contribution is 5.65. The Labute approximate surface area is 74.7 Å². The minimum Gasteiger partial charge on any atom is -0.465 e. The van der Waals surface area contributed by atoms with Crippen LogP contribution in [0.2, 0.25) is 0 Å². The number of aliphatic hydroxyl groups excluding tert-OH is 1. The van der Waals surface area contributed by atoms with Crippen LogP contribution in [0.5, 0.6) is 0 Å². The van der Waals surface area contributed by atoms with Gasteiger partial charge in [0.2, 0.25) is 0 Å². The first kappa shape index (κ1) is 10.2. The van der Waals surface area contributed by atoms with Crippen LogP contribution in [-0.4, -0.2) is 59.8 Å². The fourth-order valence-electron chi connectivity index (χ4n) is 1.32. The molecule has 1 heterocycles. The average Bonchev–Trinajstić information content (AvgIpc) is 2.09. The number of halogens is 1. The Hall–Kier alpha value is -0.880. The van der Waals surface area contributed by atoms with Crippen LogP contribution in [0.3, 0.4) is 0 Å². The maximum atomic E-state index is 13.0. The second-order valence-electron chi connectivity index (χ2n) is 2.97. The number of methoxy groups -OCH3 is 1. The highest BCUT2D eigenvalue weighted by Crippen LogP contribution is 2.16. The molecular formula is C7H12FNO4. The van der Waals surface area contributed by atoms with Crippen molar-refractivity contribution >= 4 is 6.09 Å². The van der Waals surface area contributed by atoms with Crippen LogP contribution >= 0.6 is 0 Å². The van der Waals surface area contributed by atoms with Gasteiger partial charge in [-0.05, 0) is 0 Å². The highest BCUT2D eigenvalue weighted by atomic mass is 19.1. The topological polar surface area (TPSA) is 70.0 Å². The lowest BCUT2D eigenvalue weighted by atomic mass is 10.0. The molecule has 1 aliphatic heterocycles. The van der Waals surface area contributed by atoms with E-state index in [-0.39, 0.29) is 13.1 Å². The second kappa shape index (κ2) is 3.89. The molecule has 0 aromatic rings. The highest BCUT2D eigenvalue weighted by Gasteiger charge is 2.37. The molecule has 13 heavy (non-hydrogen) atoms. The molecule has 2 N–H and O–H groups in total. The summed E-state index contributed by atoms with van der Waals surface area (Å²) in [4.78, 5) is 11.4. The van der Waals surface area contributed by atoms with E-state index in [4.69, 9.17) is 9.84 Å². The second-order valence-corrected chi connectivity index (χ2v) is 2.97. The number of carboxylic acid groups (broad SMARTS) is 1. The molecule has 1 fully saturated rings. The van der Waals surface area contributed by atoms with Gasteiger partial charge < -0.3 is 19.8 Å². The lowest BCUT2D eigenvalue weighted by Gasteiger charge is -2.35. The van der Waals surface area contributed by atoms with E-state index in [0.717, 1.165) is 4.90 Å². The first-order valence-electron chi connectivity index (χ1n) is 3.89. The SMILES string of the molecule is COC1CN(C(=O)O)CC(F)C1O. The van der Waals surface area contributed by atoms with E-state index < -0.39 is 24.5 Å². The van der Waals surface area contributed by atoms with E-state index in [1.165, 1.54) is 7.11 Å². The van der Waals surface area contributed by atoms with Crippen LogP contribution in [0, 0.1) is 0 Å². The third-order valence-corrected chi connectivity index (χ3v) is 2.12. The van der Waals surface area contributed by atoms with Gasteiger partial charge in [-0.3, -0.25) is 0 Å². The molecule has 1 amide bonds. The summed E-state index contributed by atoms with van der Waals surface area (Å²) in [5, 5.41) is 17.8. The Bertz CT molecular complexity index is 201. The van der Waals surface area contributed by atoms with Crippen molar-refractivity contribution in [1.82, 2.24) is 4.90 Å². The molecule has 0 bridgehead atoms. The lowest BCUT2D eigenvalue weighted by molar-refractivity contribution is -0.0928. The summed E-state index contributed by atoms with van der Waals surface area (Å²) in [6, 6.07) is 0. The Morgan fingerprint density at radius 1 is 1.62 bits per heavy atom. The van der Waals surface area contributed by atoms with Gasteiger partial charge in [0.15, 0.2) is 0 Å². The predicted molar refractivity (Wildman–Crippen MR) is 41.3 cm³/mol. The van der Waals surface area contributed by atoms with Gasteiger partial charge in [0.25, 0.3) is 0 Å². The van der Waals surface area contributed by atoms with E-state index in [2.05, 4.69) is 0 Å². The quantitative estimate of drug-likeness (QED) is 0.599. The third kappa shape index (κ3) is 2.07. The zero-order valence-corrected chi connectivity index (χ0v) is 7.18. The average molecular weight is 193 g/mol. The minimum atomic E-state index is -1.57. The first-order chi connectivity index (χ1) is 6.06. The summed E-state index contributed by atoms with van der Waals surface area (Å²) >= 11 is 0. The van der Waals surface area contributed by atoms with Crippen LogP contribution in [0.4, 0.5) is 9.18 Å². The van der Waals surface area contributed by atoms with Crippen LogP contribution < -0.4 is 0 Å². The zero-order valence-electron chi connectivity index (χ0n) is 7.18. The molecule has 76 valence electrons. The number of nitrogens with zero attached hydrogens (tertiary/aromatic N) is 1. The van der Waals surface area contributed by atoms with E-state index in [0.29, 0.717) is 0 Å². The van der Waals surface area contributed by atoms with Gasteiger partial charge in [0.05, 0.1) is 13.1 Å². The number of aliphatic hydroxyl groups is 1. The van der Waals surface area contributed by atoms with Gasteiger partial charge in [0.1, 0.15) is 18.4 Å². The number of likely N-dealkylation sites (tertiary alicyclic amines) is 1. The maximum absolute atomic E-state index is 13.0. The molecule has 3 unspecified atom stereocenters. The molecule has 3 atom stereocenters. The minimum absolute atomic E-state index is 0.00736. The Morgan fingerprint density at radius 3 is 2.69 bits per heavy atom. The van der Waals surface area contributed by atoms with Crippen LogP contribution in [-0.2, 0) is 4.74 Å². The van der Waals surface area contributed by atoms with Gasteiger partial charge in [0, 0.05) is 7.11 Å². The standard InChI is InChI=1S/C7H12FNO4/c1-13-5-3-9(7(11)12)2-4(8)6(5)10/h4-6,10H,2-3H2,1H3,(H,11,12). The Kier molecular flexibility index (Phi) is 3.05. The summed E-state index contributed by atoms with van der Waals surface area (Å²) < 4.78 is 17.7. The molecule has 0 aromatic carbocycles. The van der Waals surface area contributed by atoms with Crippen molar-refractivity contribution in [3.63, 3.8) is 0 Å². The van der Waals surface area contributed by atoms with E-state index in [1.807, 2.05) is 0 Å². The molecule has 5 nitrogen and oxygen atoms in total. The lowest BCUT2D eigenvalue weighted by Crippen LogP contribution is -2.55. The van der Waals surface area contributed by atoms with E-state index >= 15 is 0 Å². The predicted octanol–water partition coefficient (Wildman–Crippen LogP) is -0.306. The van der Waals surface area contributed by atoms with Gasteiger partial charge in [-0.2, -0.15) is 0 Å². The number of hydrogen-bond acceptors (Lipinski definition) is 3. The number of alkyl halides is 1. The fraction of sp³-hybridized carbons (Fsp3) is 0.857. The number of rotatable bonds is 1. The summed E-state index contributed by atoms with van der Waals surface area (Å²) in [5.74, 6) is 0. The number of ether oxygens (including phenoxy) is 1. The van der Waals surface area contributed by atoms with Crippen molar-refractivity contribution in [1.29, 1.82) is 0 Å². The number of hydrogen-bond donors (Lipinski definition) is 2. The van der Waals surface area contributed by atoms with E-state index in [9.17, 15) is 14.3 Å². The number of amides is 1. The van der Waals surface area contributed by atoms with Crippen LogP contribution in [0.1, 0.15) is 0 Å². The third-order valence-electron chi connectivity index (χ3n) is 2.12. The number of piperidine rings is 1. The molecule has 1 saturated heterocycles. The van der Waals surface area contributed by atoms with Crippen LogP contribution in [0.15, 0.2) is 0 Å². The first-order valence-corrected chi connectivity index (χ1v) is 3.89. The van der Waals surface area contributed by atoms with Crippen molar-refractivity contribution in [2.45, 2.75) is 18.4 Å². The number of carbonyl (C=O) groups is 1. The van der Waals surface area contributed by atoms with E-state index in [1.54, 1.807) is 0 Å². The fourth-order valence-corrected chi connectivity index (χ4v) is 1.32. The van der Waals surface area contributed by atoms with Crippen molar-refractivity contribution in [3.8, 4) is 0 Å². The van der Waals surface area contributed by atoms with Gasteiger partial charge in [-0.15, -0.1) is 0 Å². The molecule has 1 rings (SSSR count). The summed E-state index contributed by atoms with van der Waals surface area (Å²) in [6.07, 6.45) is -4.79. The molecule has 6 heteroatoms. The molecule has 1 aliphatic rings. The molecule has 0 aliphatic carbocycles. The largest absolute Gasteiger partial charge is 0.465 e. The molecular weight excluding hydrogens is 181 g/mol. The molecule has 0 aromatic heterocycles. The summed E-state index contributed by atoms with van der Waals surface area (Å²) in [7, 11) is 1.31. The Balaban J connectivity index is 2.63. The summed E-state index contributed by atoms with van der Waals surface area (Å²) in [6.45, 7) is -0.288. The monoisotopic (exact) mass is 193 g/mol. The van der Waals surface area contributed by atoms with Gasteiger partial charge in [-0.25, -0.2) is 9.18 Å². The Morgan fingerprint density at radius 2 is 2.23 bits per heavy atom. The normalized spacial score (nSPS) is 34.7. The molecule has 0 radical (unpaired) electrons. The van der Waals surface area contributed by atoms with Crippen molar-refractivity contribution in [2.75, 3.05) is 20.2 Å².